The second-order valence-electron chi connectivity index (χ2n) is 11.6. The van der Waals surface area contributed by atoms with Crippen molar-refractivity contribution in [3.63, 3.8) is 0 Å². The third-order valence-corrected chi connectivity index (χ3v) is 7.99. The average Bonchev–Trinajstić information content (AvgIpc) is 3.39. The van der Waals surface area contributed by atoms with E-state index in [4.69, 9.17) is 10.7 Å². The molecule has 1 aliphatic heterocycles. The van der Waals surface area contributed by atoms with Crippen LogP contribution in [0.3, 0.4) is 0 Å². The summed E-state index contributed by atoms with van der Waals surface area (Å²) in [6.07, 6.45) is 10.6. The summed E-state index contributed by atoms with van der Waals surface area (Å²) in [4.78, 5) is 37.6. The van der Waals surface area contributed by atoms with Crippen LogP contribution in [0.4, 0.5) is 11.5 Å². The zero-order chi connectivity index (χ0) is 30.5. The summed E-state index contributed by atoms with van der Waals surface area (Å²) in [6.45, 7) is 11.2. The molecule has 1 aliphatic rings. The normalized spacial score (nSPS) is 14.8. The van der Waals surface area contributed by atoms with E-state index in [0.29, 0.717) is 34.3 Å². The minimum absolute atomic E-state index is 0.180. The molecule has 4 aromatic rings. The van der Waals surface area contributed by atoms with Crippen LogP contribution in [-0.4, -0.2) is 50.7 Å². The van der Waals surface area contributed by atoms with Crippen molar-refractivity contribution in [1.29, 1.82) is 0 Å². The highest BCUT2D eigenvalue weighted by Gasteiger charge is 2.21. The number of rotatable bonds is 9. The number of nitrogens with zero attached hydrogens (tertiary/aromatic N) is 4. The molecule has 1 saturated heterocycles. The van der Waals surface area contributed by atoms with Crippen molar-refractivity contribution >= 4 is 28.8 Å². The largest absolute Gasteiger partial charge is 0.382 e. The van der Waals surface area contributed by atoms with Crippen molar-refractivity contribution in [2.24, 2.45) is 0 Å². The van der Waals surface area contributed by atoms with Crippen LogP contribution in [0.1, 0.15) is 79.3 Å². The van der Waals surface area contributed by atoms with Gasteiger partial charge in [0.15, 0.2) is 0 Å². The number of imidazole rings is 1. The van der Waals surface area contributed by atoms with E-state index in [-0.39, 0.29) is 11.8 Å². The van der Waals surface area contributed by atoms with Gasteiger partial charge in [0.05, 0.1) is 6.04 Å². The van der Waals surface area contributed by atoms with Gasteiger partial charge in [-0.15, -0.1) is 0 Å². The number of likely N-dealkylation sites (tertiary alicyclic amines) is 1. The molecule has 0 spiro atoms. The first-order valence-electron chi connectivity index (χ1n) is 15.1. The van der Waals surface area contributed by atoms with Gasteiger partial charge in [-0.2, -0.15) is 0 Å². The number of amides is 2. The predicted molar refractivity (Wildman–Crippen MR) is 172 cm³/mol. The molecule has 224 valence electrons. The number of anilines is 2. The van der Waals surface area contributed by atoms with Crippen LogP contribution in [0.5, 0.6) is 0 Å². The lowest BCUT2D eigenvalue weighted by Gasteiger charge is -2.24. The van der Waals surface area contributed by atoms with Crippen molar-refractivity contribution in [3.05, 3.63) is 89.5 Å². The number of fused-ring (bicyclic) bond motifs is 1. The molecular weight excluding hydrogens is 538 g/mol. The Balaban J connectivity index is 1.36. The monoisotopic (exact) mass is 579 g/mol. The molecule has 1 fully saturated rings. The number of piperidine rings is 1. The van der Waals surface area contributed by atoms with E-state index >= 15 is 0 Å². The molecule has 4 N–H and O–H groups in total. The smallest absolute Gasteiger partial charge is 0.255 e. The lowest BCUT2D eigenvalue weighted by atomic mass is 9.97. The van der Waals surface area contributed by atoms with Gasteiger partial charge in [0.25, 0.3) is 5.91 Å². The standard InChI is InChI=1S/C34H41N7O2/c1-22(2)28-14-13-27(20-23(28)3)38-34(43)26-11-8-10-25(21-26)30-31-32(35)36-15-19-41(31)33(39-30)24(4)37-29(42)12-9-18-40-16-6-5-7-17-40/h8-15,19-22,24H,5-7,16-18H2,1-4H3,(H2,35,36)(H,37,42)(H,38,43)/b12-9+/t24-/m0/s1. The summed E-state index contributed by atoms with van der Waals surface area (Å²) < 4.78 is 1.85. The molecule has 1 atom stereocenters. The minimum Gasteiger partial charge on any atom is -0.382 e. The summed E-state index contributed by atoms with van der Waals surface area (Å²) in [6, 6.07) is 12.9. The number of aromatic nitrogens is 3. The van der Waals surface area contributed by atoms with Crippen LogP contribution >= 0.6 is 0 Å². The zero-order valence-electron chi connectivity index (χ0n) is 25.4. The van der Waals surface area contributed by atoms with Crippen LogP contribution in [0.15, 0.2) is 67.0 Å². The fourth-order valence-corrected chi connectivity index (χ4v) is 5.78. The molecule has 2 aromatic carbocycles. The zero-order valence-corrected chi connectivity index (χ0v) is 25.4. The van der Waals surface area contributed by atoms with E-state index in [9.17, 15) is 9.59 Å². The Morgan fingerprint density at radius 1 is 1.07 bits per heavy atom. The summed E-state index contributed by atoms with van der Waals surface area (Å²) in [5, 5.41) is 6.05. The lowest BCUT2D eigenvalue weighted by Crippen LogP contribution is -2.30. The van der Waals surface area contributed by atoms with Crippen LogP contribution < -0.4 is 16.4 Å². The van der Waals surface area contributed by atoms with E-state index in [2.05, 4.69) is 47.4 Å². The Labute approximate surface area is 253 Å². The molecular formula is C34H41N7O2. The Kier molecular flexibility index (Phi) is 9.21. The van der Waals surface area contributed by atoms with Crippen molar-refractivity contribution in [1.82, 2.24) is 24.6 Å². The molecule has 0 saturated carbocycles. The Morgan fingerprint density at radius 3 is 2.60 bits per heavy atom. The van der Waals surface area contributed by atoms with Gasteiger partial charge in [-0.25, -0.2) is 9.97 Å². The Bertz CT molecular complexity index is 1650. The Hall–Kier alpha value is -4.50. The number of nitrogens with two attached hydrogens (primary N) is 1. The summed E-state index contributed by atoms with van der Waals surface area (Å²) >= 11 is 0. The molecule has 3 heterocycles. The van der Waals surface area contributed by atoms with Crippen LogP contribution in [0.25, 0.3) is 16.8 Å². The molecule has 9 nitrogen and oxygen atoms in total. The SMILES string of the molecule is Cc1cc(NC(=O)c2cccc(-c3nc([C@H](C)NC(=O)/C=C/CN4CCCCC4)n4ccnc(N)c34)c2)ccc1C(C)C. The van der Waals surface area contributed by atoms with Crippen LogP contribution in [0, 0.1) is 6.92 Å². The number of carbonyl (C=O) groups excluding carboxylic acids is 2. The highest BCUT2D eigenvalue weighted by Crippen LogP contribution is 2.31. The van der Waals surface area contributed by atoms with Crippen molar-refractivity contribution < 1.29 is 9.59 Å². The fourth-order valence-electron chi connectivity index (χ4n) is 5.78. The molecule has 2 amide bonds. The Morgan fingerprint density at radius 2 is 1.86 bits per heavy atom. The molecule has 0 unspecified atom stereocenters. The second kappa shape index (κ2) is 13.2. The van der Waals surface area contributed by atoms with Gasteiger partial charge in [-0.3, -0.25) is 18.9 Å². The third-order valence-electron chi connectivity index (χ3n) is 7.99. The number of hydrogen-bond acceptors (Lipinski definition) is 6. The first-order valence-corrected chi connectivity index (χ1v) is 15.1. The summed E-state index contributed by atoms with van der Waals surface area (Å²) in [5.74, 6) is 0.944. The maximum atomic E-state index is 13.2. The highest BCUT2D eigenvalue weighted by atomic mass is 16.2. The van der Waals surface area contributed by atoms with Gasteiger partial charge in [0, 0.05) is 41.8 Å². The molecule has 5 rings (SSSR count). The first kappa shape index (κ1) is 30.0. The van der Waals surface area contributed by atoms with Gasteiger partial charge in [0.2, 0.25) is 5.91 Å². The fraction of sp³-hybridized carbons (Fsp3) is 0.353. The van der Waals surface area contributed by atoms with Gasteiger partial charge in [0.1, 0.15) is 22.9 Å². The average molecular weight is 580 g/mol. The number of aryl methyl sites for hydroxylation is 1. The number of hydrogen-bond donors (Lipinski definition) is 3. The van der Waals surface area contributed by atoms with Gasteiger partial charge in [-0.1, -0.05) is 44.5 Å². The lowest BCUT2D eigenvalue weighted by molar-refractivity contribution is -0.117. The van der Waals surface area contributed by atoms with E-state index in [1.807, 2.05) is 41.7 Å². The van der Waals surface area contributed by atoms with Crippen molar-refractivity contribution in [3.8, 4) is 11.3 Å². The topological polar surface area (TPSA) is 118 Å². The molecule has 0 bridgehead atoms. The molecule has 9 heteroatoms. The molecule has 2 aromatic heterocycles. The summed E-state index contributed by atoms with van der Waals surface area (Å²) in [5.41, 5.74) is 11.9. The van der Waals surface area contributed by atoms with E-state index in [1.165, 1.54) is 24.8 Å². The number of carbonyl (C=O) groups is 2. The first-order chi connectivity index (χ1) is 20.7. The molecule has 0 aliphatic carbocycles. The minimum atomic E-state index is -0.404. The van der Waals surface area contributed by atoms with Crippen LogP contribution in [-0.2, 0) is 4.79 Å². The van der Waals surface area contributed by atoms with E-state index in [1.54, 1.807) is 30.6 Å². The van der Waals surface area contributed by atoms with E-state index < -0.39 is 6.04 Å². The number of nitrogen functional groups attached to an aromatic ring is 1. The predicted octanol–water partition coefficient (Wildman–Crippen LogP) is 5.88. The summed E-state index contributed by atoms with van der Waals surface area (Å²) in [7, 11) is 0. The molecule has 0 radical (unpaired) electrons. The highest BCUT2D eigenvalue weighted by molar-refractivity contribution is 6.05. The van der Waals surface area contributed by atoms with Crippen molar-refractivity contribution in [2.75, 3.05) is 30.7 Å². The van der Waals surface area contributed by atoms with E-state index in [0.717, 1.165) is 36.4 Å². The second-order valence-corrected chi connectivity index (χ2v) is 11.6. The number of nitrogens with one attached hydrogen (secondary N) is 2. The third kappa shape index (κ3) is 6.94. The van der Waals surface area contributed by atoms with Gasteiger partial charge in [-0.05, 0) is 81.1 Å². The van der Waals surface area contributed by atoms with Gasteiger partial charge < -0.3 is 16.4 Å². The quantitative estimate of drug-likeness (QED) is 0.213. The van der Waals surface area contributed by atoms with Crippen molar-refractivity contribution in [2.45, 2.75) is 58.9 Å². The maximum Gasteiger partial charge on any atom is 0.255 e. The van der Waals surface area contributed by atoms with Gasteiger partial charge >= 0.3 is 0 Å². The number of benzene rings is 2. The maximum absolute atomic E-state index is 13.2. The molecule has 43 heavy (non-hydrogen) atoms. The van der Waals surface area contributed by atoms with Crippen LogP contribution in [0.2, 0.25) is 0 Å².